The van der Waals surface area contributed by atoms with Crippen LogP contribution in [0.2, 0.25) is 0 Å². The number of nitrogens with one attached hydrogen (secondary N) is 1. The van der Waals surface area contributed by atoms with Gasteiger partial charge >= 0.3 is 5.97 Å². The first-order chi connectivity index (χ1) is 13.0. The molecular formula is C21H28N2O4. The maximum Gasteiger partial charge on any atom is 0.303 e. The maximum absolute atomic E-state index is 12.8. The standard InChI is InChI=1S/C21H28N2O4/c24-19(25)11-10-18(13-15-5-2-1-3-6-15)22-20(26)17-7-4-12-23(14-17)21(27)16-8-9-16/h1-3,5-6,16-18H,4,7-14H2,(H,22,26)(H,24,25). The van der Waals surface area contributed by atoms with Crippen LogP contribution in [-0.2, 0) is 20.8 Å². The van der Waals surface area contributed by atoms with Crippen molar-refractivity contribution in [3.05, 3.63) is 35.9 Å². The van der Waals surface area contributed by atoms with Crippen LogP contribution in [0.3, 0.4) is 0 Å². The van der Waals surface area contributed by atoms with Gasteiger partial charge in [0.1, 0.15) is 0 Å². The van der Waals surface area contributed by atoms with E-state index in [0.717, 1.165) is 37.8 Å². The Kier molecular flexibility index (Phi) is 6.48. The lowest BCUT2D eigenvalue weighted by molar-refractivity contribution is -0.139. The highest BCUT2D eigenvalue weighted by atomic mass is 16.4. The molecule has 1 aromatic carbocycles. The van der Waals surface area contributed by atoms with E-state index in [4.69, 9.17) is 5.11 Å². The lowest BCUT2D eigenvalue weighted by Crippen LogP contribution is -2.48. The zero-order valence-electron chi connectivity index (χ0n) is 15.6. The minimum Gasteiger partial charge on any atom is -0.481 e. The molecule has 2 unspecified atom stereocenters. The lowest BCUT2D eigenvalue weighted by atomic mass is 9.95. The first kappa shape index (κ1) is 19.4. The summed E-state index contributed by atoms with van der Waals surface area (Å²) < 4.78 is 0. The van der Waals surface area contributed by atoms with Gasteiger partial charge in [-0.15, -0.1) is 0 Å². The second-order valence-corrected chi connectivity index (χ2v) is 7.73. The van der Waals surface area contributed by atoms with E-state index in [0.29, 0.717) is 19.4 Å². The summed E-state index contributed by atoms with van der Waals surface area (Å²) in [6.07, 6.45) is 4.59. The summed E-state index contributed by atoms with van der Waals surface area (Å²) in [5.41, 5.74) is 1.07. The summed E-state index contributed by atoms with van der Waals surface area (Å²) in [7, 11) is 0. The van der Waals surface area contributed by atoms with Gasteiger partial charge in [-0.1, -0.05) is 30.3 Å². The summed E-state index contributed by atoms with van der Waals surface area (Å²) in [5.74, 6) is -0.757. The summed E-state index contributed by atoms with van der Waals surface area (Å²) in [6, 6.07) is 9.56. The van der Waals surface area contributed by atoms with Gasteiger partial charge in [-0.2, -0.15) is 0 Å². The van der Waals surface area contributed by atoms with Crippen molar-refractivity contribution in [3.63, 3.8) is 0 Å². The average molecular weight is 372 g/mol. The maximum atomic E-state index is 12.8. The van der Waals surface area contributed by atoms with Crippen molar-refractivity contribution in [1.29, 1.82) is 0 Å². The van der Waals surface area contributed by atoms with E-state index < -0.39 is 5.97 Å². The molecule has 1 saturated heterocycles. The van der Waals surface area contributed by atoms with Gasteiger partial charge in [-0.05, 0) is 44.1 Å². The molecule has 6 heteroatoms. The Labute approximate surface area is 159 Å². The van der Waals surface area contributed by atoms with Crippen molar-refractivity contribution in [1.82, 2.24) is 10.2 Å². The van der Waals surface area contributed by atoms with E-state index in [1.165, 1.54) is 0 Å². The number of carbonyl (C=O) groups is 3. The van der Waals surface area contributed by atoms with Gasteiger partial charge in [-0.3, -0.25) is 14.4 Å². The summed E-state index contributed by atoms with van der Waals surface area (Å²) >= 11 is 0. The third-order valence-electron chi connectivity index (χ3n) is 5.41. The van der Waals surface area contributed by atoms with Gasteiger partial charge in [0.15, 0.2) is 0 Å². The highest BCUT2D eigenvalue weighted by Gasteiger charge is 2.37. The third-order valence-corrected chi connectivity index (χ3v) is 5.41. The van der Waals surface area contributed by atoms with Crippen molar-refractivity contribution in [2.75, 3.05) is 13.1 Å². The van der Waals surface area contributed by atoms with Gasteiger partial charge in [-0.25, -0.2) is 0 Å². The quantitative estimate of drug-likeness (QED) is 0.733. The molecule has 27 heavy (non-hydrogen) atoms. The van der Waals surface area contributed by atoms with Crippen LogP contribution in [0.4, 0.5) is 0 Å². The molecule has 6 nitrogen and oxygen atoms in total. The second-order valence-electron chi connectivity index (χ2n) is 7.73. The fraction of sp³-hybridized carbons (Fsp3) is 0.571. The molecule has 0 aromatic heterocycles. The van der Waals surface area contributed by atoms with Crippen LogP contribution >= 0.6 is 0 Å². The topological polar surface area (TPSA) is 86.7 Å². The molecule has 0 spiro atoms. The molecule has 2 fully saturated rings. The molecule has 1 saturated carbocycles. The smallest absolute Gasteiger partial charge is 0.303 e. The summed E-state index contributed by atoms with van der Waals surface area (Å²) in [4.78, 5) is 37.9. The molecule has 146 valence electrons. The summed E-state index contributed by atoms with van der Waals surface area (Å²) in [6.45, 7) is 1.23. The van der Waals surface area contributed by atoms with Gasteiger partial charge in [0.2, 0.25) is 11.8 Å². The molecule has 0 radical (unpaired) electrons. The highest BCUT2D eigenvalue weighted by molar-refractivity contribution is 5.83. The van der Waals surface area contributed by atoms with Crippen molar-refractivity contribution >= 4 is 17.8 Å². The molecule has 2 aliphatic rings. The Hall–Kier alpha value is -2.37. The Morgan fingerprint density at radius 3 is 2.52 bits per heavy atom. The van der Waals surface area contributed by atoms with E-state index >= 15 is 0 Å². The average Bonchev–Trinajstić information content (AvgIpc) is 3.51. The van der Waals surface area contributed by atoms with E-state index in [2.05, 4.69) is 5.32 Å². The third kappa shape index (κ3) is 5.81. The Morgan fingerprint density at radius 2 is 1.85 bits per heavy atom. The normalized spacial score (nSPS) is 20.7. The van der Waals surface area contributed by atoms with E-state index in [1.54, 1.807) is 0 Å². The Bertz CT molecular complexity index is 672. The zero-order valence-corrected chi connectivity index (χ0v) is 15.6. The predicted molar refractivity (Wildman–Crippen MR) is 101 cm³/mol. The first-order valence-electron chi connectivity index (χ1n) is 9.88. The Morgan fingerprint density at radius 1 is 1.11 bits per heavy atom. The number of carboxylic acids is 1. The first-order valence-corrected chi connectivity index (χ1v) is 9.88. The molecule has 2 atom stereocenters. The van der Waals surface area contributed by atoms with Crippen molar-refractivity contribution in [3.8, 4) is 0 Å². The predicted octanol–water partition coefficient (Wildman–Crippen LogP) is 2.23. The van der Waals surface area contributed by atoms with Crippen molar-refractivity contribution in [2.45, 2.75) is 51.0 Å². The number of hydrogen-bond acceptors (Lipinski definition) is 3. The molecular weight excluding hydrogens is 344 g/mol. The van der Waals surface area contributed by atoms with Crippen LogP contribution in [0.5, 0.6) is 0 Å². The number of nitrogens with zero attached hydrogens (tertiary/aromatic N) is 1. The number of carboxylic acid groups (broad SMARTS) is 1. The van der Waals surface area contributed by atoms with Gasteiger partial charge in [0.25, 0.3) is 0 Å². The zero-order chi connectivity index (χ0) is 19.2. The molecule has 1 aliphatic heterocycles. The van der Waals surface area contributed by atoms with Crippen LogP contribution in [0.1, 0.15) is 44.1 Å². The van der Waals surface area contributed by atoms with E-state index in [-0.39, 0.29) is 36.1 Å². The van der Waals surface area contributed by atoms with Crippen LogP contribution < -0.4 is 5.32 Å². The molecule has 2 amide bonds. The number of piperidine rings is 1. The molecule has 2 N–H and O–H groups in total. The molecule has 0 bridgehead atoms. The van der Waals surface area contributed by atoms with E-state index in [9.17, 15) is 14.4 Å². The summed E-state index contributed by atoms with van der Waals surface area (Å²) in [5, 5.41) is 12.1. The fourth-order valence-corrected chi connectivity index (χ4v) is 3.72. The van der Waals surface area contributed by atoms with Crippen molar-refractivity contribution < 1.29 is 19.5 Å². The molecule has 1 aliphatic carbocycles. The number of carbonyl (C=O) groups excluding carboxylic acids is 2. The number of amides is 2. The Balaban J connectivity index is 1.58. The minimum absolute atomic E-state index is 0.0226. The van der Waals surface area contributed by atoms with Crippen molar-refractivity contribution in [2.24, 2.45) is 11.8 Å². The number of likely N-dealkylation sites (tertiary alicyclic amines) is 1. The van der Waals surface area contributed by atoms with Crippen LogP contribution in [-0.4, -0.2) is 46.9 Å². The monoisotopic (exact) mass is 372 g/mol. The van der Waals surface area contributed by atoms with E-state index in [1.807, 2.05) is 35.2 Å². The SMILES string of the molecule is O=C(O)CCC(Cc1ccccc1)NC(=O)C1CCCN(C(=O)C2CC2)C1. The van der Waals surface area contributed by atoms with Crippen LogP contribution in [0.15, 0.2) is 30.3 Å². The lowest BCUT2D eigenvalue weighted by Gasteiger charge is -2.33. The number of aliphatic carboxylic acids is 1. The van der Waals surface area contributed by atoms with Gasteiger partial charge in [0.05, 0.1) is 5.92 Å². The van der Waals surface area contributed by atoms with Gasteiger partial charge < -0.3 is 15.3 Å². The van der Waals surface area contributed by atoms with Crippen LogP contribution in [0.25, 0.3) is 0 Å². The fourth-order valence-electron chi connectivity index (χ4n) is 3.72. The molecule has 1 aromatic rings. The highest BCUT2D eigenvalue weighted by Crippen LogP contribution is 2.32. The molecule has 1 heterocycles. The van der Waals surface area contributed by atoms with Gasteiger partial charge in [0, 0.05) is 31.5 Å². The largest absolute Gasteiger partial charge is 0.481 e. The number of hydrogen-bond donors (Lipinski definition) is 2. The number of rotatable bonds is 8. The minimum atomic E-state index is -0.860. The second kappa shape index (κ2) is 9.02. The molecule has 3 rings (SSSR count). The van der Waals surface area contributed by atoms with Crippen LogP contribution in [0, 0.1) is 11.8 Å². The number of benzene rings is 1.